The van der Waals surface area contributed by atoms with Crippen LogP contribution in [0.15, 0.2) is 95.5 Å². The van der Waals surface area contributed by atoms with Crippen molar-refractivity contribution in [3.05, 3.63) is 112 Å². The zero-order chi connectivity index (χ0) is 33.9. The first-order valence-corrected chi connectivity index (χ1v) is 16.0. The van der Waals surface area contributed by atoms with E-state index in [1.807, 2.05) is 13.0 Å². The van der Waals surface area contributed by atoms with E-state index in [0.29, 0.717) is 51.2 Å². The zero-order valence-electron chi connectivity index (χ0n) is 26.1. The van der Waals surface area contributed by atoms with E-state index in [1.54, 1.807) is 78.9 Å². The average Bonchev–Trinajstić information content (AvgIpc) is 3.09. The van der Waals surface area contributed by atoms with Gasteiger partial charge in [0.25, 0.3) is 11.8 Å². The molecule has 3 N–H and O–H groups in total. The molecule has 0 bridgehead atoms. The summed E-state index contributed by atoms with van der Waals surface area (Å²) in [6.45, 7) is 1.90. The molecule has 0 aliphatic heterocycles. The van der Waals surface area contributed by atoms with Crippen molar-refractivity contribution in [3.63, 3.8) is 0 Å². The number of anilines is 2. The second kappa shape index (κ2) is 16.8. The molecule has 1 unspecified atom stereocenters. The molecule has 0 spiro atoms. The first-order valence-electron chi connectivity index (χ1n) is 14.4. The van der Waals surface area contributed by atoms with Crippen LogP contribution in [0.2, 0.25) is 10.0 Å². The molecule has 0 heterocycles. The number of ether oxygens (including phenoxy) is 3. The second-order valence-corrected chi connectivity index (χ2v) is 12.0. The molecule has 0 fully saturated rings. The van der Waals surface area contributed by atoms with E-state index in [2.05, 4.69) is 16.0 Å². The normalized spacial score (nSPS) is 11.7. The molecule has 0 aliphatic carbocycles. The first kappa shape index (κ1) is 35.2. The summed E-state index contributed by atoms with van der Waals surface area (Å²) in [6.07, 6.45) is 2.02. The van der Waals surface area contributed by atoms with Gasteiger partial charge >= 0.3 is 0 Å². The van der Waals surface area contributed by atoms with E-state index in [0.717, 1.165) is 4.90 Å². The highest BCUT2D eigenvalue weighted by atomic mass is 35.5. The van der Waals surface area contributed by atoms with Crippen LogP contribution in [0.25, 0.3) is 6.08 Å². The van der Waals surface area contributed by atoms with Crippen molar-refractivity contribution < 1.29 is 28.6 Å². The summed E-state index contributed by atoms with van der Waals surface area (Å²) >= 11 is 13.7. The number of hydrogen-bond donors (Lipinski definition) is 3. The molecular formula is C35H33Cl2N3O6S. The molecule has 3 amide bonds. The molecule has 0 saturated carbocycles. The SMILES string of the molecule is CCC(Sc1cccc(NC(=O)/C(=C\c2cc(OC)c(OC)cc2OC)NC(=O)c2ccccc2)c1)C(=O)Nc1cccc(Cl)c1Cl. The maximum absolute atomic E-state index is 13.7. The topological polar surface area (TPSA) is 115 Å². The van der Waals surface area contributed by atoms with Crippen LogP contribution in [0.5, 0.6) is 17.2 Å². The summed E-state index contributed by atoms with van der Waals surface area (Å²) in [5.41, 5.74) is 1.66. The summed E-state index contributed by atoms with van der Waals surface area (Å²) < 4.78 is 16.3. The predicted octanol–water partition coefficient (Wildman–Crippen LogP) is 7.94. The van der Waals surface area contributed by atoms with Crippen molar-refractivity contribution in [2.45, 2.75) is 23.5 Å². The van der Waals surface area contributed by atoms with Crippen molar-refractivity contribution >= 4 is 70.1 Å². The second-order valence-electron chi connectivity index (χ2n) is 9.91. The molecule has 1 atom stereocenters. The van der Waals surface area contributed by atoms with Crippen LogP contribution in [-0.4, -0.2) is 44.3 Å². The number of halogens is 2. The van der Waals surface area contributed by atoms with Gasteiger partial charge in [-0.1, -0.05) is 60.5 Å². The van der Waals surface area contributed by atoms with Gasteiger partial charge in [0.2, 0.25) is 5.91 Å². The number of methoxy groups -OCH3 is 3. The van der Waals surface area contributed by atoms with E-state index >= 15 is 0 Å². The summed E-state index contributed by atoms with van der Waals surface area (Å²) in [4.78, 5) is 40.8. The third-order valence-corrected chi connectivity index (χ3v) is 8.98. The Hall–Kier alpha value is -4.64. The van der Waals surface area contributed by atoms with Crippen LogP contribution < -0.4 is 30.2 Å². The lowest BCUT2D eigenvalue weighted by molar-refractivity contribution is -0.116. The zero-order valence-corrected chi connectivity index (χ0v) is 28.4. The van der Waals surface area contributed by atoms with E-state index in [1.165, 1.54) is 39.2 Å². The lowest BCUT2D eigenvalue weighted by atomic mass is 10.1. The highest BCUT2D eigenvalue weighted by Gasteiger charge is 2.21. The summed E-state index contributed by atoms with van der Waals surface area (Å²) in [5.74, 6) is -0.0755. The van der Waals surface area contributed by atoms with Crippen molar-refractivity contribution in [2.24, 2.45) is 0 Å². The minimum absolute atomic E-state index is 0.0494. The van der Waals surface area contributed by atoms with Crippen molar-refractivity contribution in [1.82, 2.24) is 5.32 Å². The van der Waals surface area contributed by atoms with E-state index < -0.39 is 17.1 Å². The van der Waals surface area contributed by atoms with Crippen molar-refractivity contribution in [2.75, 3.05) is 32.0 Å². The van der Waals surface area contributed by atoms with E-state index in [4.69, 9.17) is 37.4 Å². The van der Waals surface area contributed by atoms with Gasteiger partial charge in [-0.05, 0) is 61.0 Å². The van der Waals surface area contributed by atoms with E-state index in [-0.39, 0.29) is 16.6 Å². The third-order valence-electron chi connectivity index (χ3n) is 6.81. The Kier molecular flexibility index (Phi) is 12.6. The number of rotatable bonds is 13. The molecule has 0 aromatic heterocycles. The Morgan fingerprint density at radius 3 is 2.17 bits per heavy atom. The molecule has 4 aromatic carbocycles. The number of hydrogen-bond acceptors (Lipinski definition) is 7. The Labute approximate surface area is 287 Å². The van der Waals surface area contributed by atoms with Gasteiger partial charge in [-0.2, -0.15) is 0 Å². The maximum Gasteiger partial charge on any atom is 0.272 e. The van der Waals surface area contributed by atoms with Crippen LogP contribution >= 0.6 is 35.0 Å². The minimum Gasteiger partial charge on any atom is -0.496 e. The quantitative estimate of drug-likeness (QED) is 0.0962. The van der Waals surface area contributed by atoms with Crippen molar-refractivity contribution in [1.29, 1.82) is 0 Å². The Balaban J connectivity index is 1.59. The molecule has 0 aliphatic rings. The van der Waals surface area contributed by atoms with Gasteiger partial charge in [-0.3, -0.25) is 14.4 Å². The molecule has 47 heavy (non-hydrogen) atoms. The Morgan fingerprint density at radius 1 is 0.809 bits per heavy atom. The number of carbonyl (C=O) groups excluding carboxylic acids is 3. The minimum atomic E-state index is -0.589. The van der Waals surface area contributed by atoms with Crippen LogP contribution in [0, 0.1) is 0 Å². The lowest BCUT2D eigenvalue weighted by Crippen LogP contribution is -2.30. The fraction of sp³-hybridized carbons (Fsp3) is 0.171. The average molecular weight is 695 g/mol. The van der Waals surface area contributed by atoms with Gasteiger partial charge in [0.05, 0.1) is 42.3 Å². The van der Waals surface area contributed by atoms with Gasteiger partial charge in [0.15, 0.2) is 11.5 Å². The van der Waals surface area contributed by atoms with Gasteiger partial charge in [0, 0.05) is 27.8 Å². The Morgan fingerprint density at radius 2 is 1.49 bits per heavy atom. The highest BCUT2D eigenvalue weighted by molar-refractivity contribution is 8.00. The van der Waals surface area contributed by atoms with Crippen LogP contribution in [0.4, 0.5) is 11.4 Å². The summed E-state index contributed by atoms with van der Waals surface area (Å²) in [6, 6.07) is 23.9. The van der Waals surface area contributed by atoms with Gasteiger partial charge < -0.3 is 30.2 Å². The number of carbonyl (C=O) groups is 3. The number of benzene rings is 4. The van der Waals surface area contributed by atoms with Crippen LogP contribution in [0.3, 0.4) is 0 Å². The molecule has 244 valence electrons. The standard InChI is InChI=1S/C35H33Cl2N3O6S/c1-5-31(35(43)39-26-16-10-15-25(36)32(26)37)47-24-14-9-13-23(19-24)38-34(42)27(40-33(41)21-11-7-6-8-12-21)17-22-18-29(45-3)30(46-4)20-28(22)44-2/h6-20,31H,5H2,1-4H3,(H,38,42)(H,39,43)(H,40,41)/b27-17+. The van der Waals surface area contributed by atoms with Gasteiger partial charge in [0.1, 0.15) is 11.4 Å². The third kappa shape index (κ3) is 9.22. The smallest absolute Gasteiger partial charge is 0.272 e. The Bertz CT molecular complexity index is 1780. The molecule has 0 saturated heterocycles. The molecule has 4 aromatic rings. The summed E-state index contributed by atoms with van der Waals surface area (Å²) in [7, 11) is 4.48. The van der Waals surface area contributed by atoms with Gasteiger partial charge in [-0.25, -0.2) is 0 Å². The lowest BCUT2D eigenvalue weighted by Gasteiger charge is -2.17. The predicted molar refractivity (Wildman–Crippen MR) is 188 cm³/mol. The molecule has 12 heteroatoms. The van der Waals surface area contributed by atoms with E-state index in [9.17, 15) is 14.4 Å². The number of nitrogens with one attached hydrogen (secondary N) is 3. The van der Waals surface area contributed by atoms with Crippen molar-refractivity contribution in [3.8, 4) is 17.2 Å². The largest absolute Gasteiger partial charge is 0.496 e. The fourth-order valence-electron chi connectivity index (χ4n) is 4.41. The van der Waals surface area contributed by atoms with Crippen LogP contribution in [0.1, 0.15) is 29.3 Å². The molecule has 0 radical (unpaired) electrons. The number of thioether (sulfide) groups is 1. The molecule has 4 rings (SSSR count). The molecule has 9 nitrogen and oxygen atoms in total. The fourth-order valence-corrected chi connectivity index (χ4v) is 5.77. The molecular weight excluding hydrogens is 661 g/mol. The monoisotopic (exact) mass is 693 g/mol. The first-order chi connectivity index (χ1) is 22.7. The van der Waals surface area contributed by atoms with Crippen LogP contribution in [-0.2, 0) is 9.59 Å². The highest BCUT2D eigenvalue weighted by Crippen LogP contribution is 2.36. The summed E-state index contributed by atoms with van der Waals surface area (Å²) in [5, 5.41) is 8.57. The maximum atomic E-state index is 13.7. The van der Waals surface area contributed by atoms with Gasteiger partial charge in [-0.15, -0.1) is 11.8 Å². The number of amides is 3.